The Morgan fingerprint density at radius 2 is 1.47 bits per heavy atom. The van der Waals surface area contributed by atoms with Gasteiger partial charge in [-0.05, 0) is 98.8 Å². The number of aliphatic hydroxyl groups is 2. The van der Waals surface area contributed by atoms with E-state index in [-0.39, 0.29) is 34.1 Å². The van der Waals surface area contributed by atoms with Crippen LogP contribution in [-0.2, 0) is 0 Å². The van der Waals surface area contributed by atoms with Crippen molar-refractivity contribution in [2.75, 3.05) is 36.0 Å². The number of rotatable bonds is 6. The Morgan fingerprint density at radius 3 is 2.10 bits per heavy atom. The molecular weight excluding hydrogens is 644 g/mol. The van der Waals surface area contributed by atoms with Crippen molar-refractivity contribution in [3.63, 3.8) is 0 Å². The molecular formula is C39H38N8O4. The Balaban J connectivity index is 1.07. The molecule has 5 fully saturated rings. The van der Waals surface area contributed by atoms with Crippen molar-refractivity contribution in [3.8, 4) is 24.5 Å². The van der Waals surface area contributed by atoms with Gasteiger partial charge in [-0.15, -0.1) is 6.42 Å². The van der Waals surface area contributed by atoms with Crippen LogP contribution in [-0.4, -0.2) is 55.9 Å². The van der Waals surface area contributed by atoms with Gasteiger partial charge in [-0.25, -0.2) is 9.97 Å². The summed E-state index contributed by atoms with van der Waals surface area (Å²) < 4.78 is 1.74. The number of piperidine rings is 2. The number of H-pyrrole nitrogens is 1. The van der Waals surface area contributed by atoms with E-state index in [2.05, 4.69) is 27.9 Å². The molecule has 9 rings (SSSR count). The molecule has 51 heavy (non-hydrogen) atoms. The average Bonchev–Trinajstić information content (AvgIpc) is 4.07. The molecule has 3 atom stereocenters. The van der Waals surface area contributed by atoms with Gasteiger partial charge in [0.05, 0.1) is 39.9 Å². The summed E-state index contributed by atoms with van der Waals surface area (Å²) in [5, 5.41) is 41.9. The summed E-state index contributed by atoms with van der Waals surface area (Å²) in [6, 6.07) is 11.1. The van der Waals surface area contributed by atoms with Gasteiger partial charge in [0.25, 0.3) is 11.1 Å². The Hall–Kier alpha value is -5.22. The molecule has 3 N–H and O–H groups in total. The first-order valence-electron chi connectivity index (χ1n) is 18.0. The fourth-order valence-electron chi connectivity index (χ4n) is 8.92. The summed E-state index contributed by atoms with van der Waals surface area (Å²) in [6.45, 7) is 2.53. The fourth-order valence-corrected chi connectivity index (χ4v) is 8.92. The molecule has 2 saturated heterocycles. The Bertz CT molecular complexity index is 2370. The Kier molecular flexibility index (Phi) is 7.09. The lowest BCUT2D eigenvalue weighted by Gasteiger charge is -2.36. The minimum absolute atomic E-state index is 0.00539. The summed E-state index contributed by atoms with van der Waals surface area (Å²) in [7, 11) is 0. The van der Waals surface area contributed by atoms with Crippen LogP contribution in [0.2, 0.25) is 0 Å². The average molecular weight is 683 g/mol. The number of anilines is 2. The van der Waals surface area contributed by atoms with Crippen molar-refractivity contribution in [2.45, 2.75) is 76.0 Å². The zero-order valence-corrected chi connectivity index (χ0v) is 28.2. The summed E-state index contributed by atoms with van der Waals surface area (Å²) in [5.41, 5.74) is 3.38. The van der Waals surface area contributed by atoms with Gasteiger partial charge in [-0.1, -0.05) is 5.92 Å². The lowest BCUT2D eigenvalue weighted by molar-refractivity contribution is 0.149. The predicted octanol–water partition coefficient (Wildman–Crippen LogP) is 4.10. The van der Waals surface area contributed by atoms with Crippen LogP contribution in [0.4, 0.5) is 11.4 Å². The van der Waals surface area contributed by atoms with E-state index in [1.165, 1.54) is 12.8 Å². The molecule has 3 aliphatic carbocycles. The van der Waals surface area contributed by atoms with Crippen LogP contribution >= 0.6 is 0 Å². The first-order valence-corrected chi connectivity index (χ1v) is 18.0. The second kappa shape index (κ2) is 11.4. The predicted molar refractivity (Wildman–Crippen MR) is 190 cm³/mol. The normalized spacial score (nSPS) is 22.8. The number of fused-ring (bicyclic) bond motifs is 2. The number of terminal acetylenes is 1. The number of aromatic nitrogens is 4. The molecule has 4 aromatic rings. The van der Waals surface area contributed by atoms with Crippen molar-refractivity contribution in [1.82, 2.24) is 19.5 Å². The summed E-state index contributed by atoms with van der Waals surface area (Å²) >= 11 is 0. The van der Waals surface area contributed by atoms with Gasteiger partial charge < -0.3 is 29.6 Å². The van der Waals surface area contributed by atoms with Crippen molar-refractivity contribution in [3.05, 3.63) is 67.5 Å². The SMILES string of the molecule is C#CC(O)c1ccc2c(n1)c(N1CCC3(CC1)CC3)c(C#N)c(=O)n2C1CC12CCN(c1c(C#N)c(=O)[nH]c3ccc(C(O)C4CC4)nc13)CC2. The second-order valence-electron chi connectivity index (χ2n) is 15.4. The van der Waals surface area contributed by atoms with E-state index in [0.717, 1.165) is 45.2 Å². The quantitative estimate of drug-likeness (QED) is 0.251. The molecule has 3 saturated carbocycles. The fraction of sp³-hybridized carbons (Fsp3) is 0.487. The molecule has 5 aliphatic rings. The smallest absolute Gasteiger partial charge is 0.271 e. The molecule has 0 bridgehead atoms. The molecule has 0 radical (unpaired) electrons. The summed E-state index contributed by atoms with van der Waals surface area (Å²) in [6.07, 6.45) is 12.1. The molecule has 6 heterocycles. The molecule has 3 unspecified atom stereocenters. The number of pyridine rings is 4. The number of hydrogen-bond donors (Lipinski definition) is 3. The monoisotopic (exact) mass is 682 g/mol. The highest BCUT2D eigenvalue weighted by atomic mass is 16.3. The van der Waals surface area contributed by atoms with Gasteiger partial charge >= 0.3 is 0 Å². The highest BCUT2D eigenvalue weighted by molar-refractivity contribution is 5.93. The van der Waals surface area contributed by atoms with Crippen LogP contribution in [0.1, 0.15) is 98.6 Å². The van der Waals surface area contributed by atoms with Crippen molar-refractivity contribution in [1.29, 1.82) is 10.5 Å². The number of aliphatic hydroxyl groups excluding tert-OH is 2. The molecule has 2 spiro atoms. The molecule has 0 amide bonds. The number of nitrogens with zero attached hydrogens (tertiary/aromatic N) is 7. The van der Waals surface area contributed by atoms with Crippen LogP contribution in [0, 0.1) is 51.8 Å². The van der Waals surface area contributed by atoms with E-state index >= 15 is 0 Å². The highest BCUT2D eigenvalue weighted by Crippen LogP contribution is 2.63. The van der Waals surface area contributed by atoms with Gasteiger partial charge in [0.2, 0.25) is 0 Å². The molecule has 258 valence electrons. The van der Waals surface area contributed by atoms with Gasteiger partial charge in [0.1, 0.15) is 34.3 Å². The second-order valence-corrected chi connectivity index (χ2v) is 15.4. The molecule has 0 aromatic carbocycles. The zero-order chi connectivity index (χ0) is 35.2. The number of nitriles is 2. The van der Waals surface area contributed by atoms with Crippen LogP contribution in [0.25, 0.3) is 22.1 Å². The van der Waals surface area contributed by atoms with Crippen LogP contribution < -0.4 is 20.9 Å². The Morgan fingerprint density at radius 1 is 0.843 bits per heavy atom. The molecule has 4 aromatic heterocycles. The lowest BCUT2D eigenvalue weighted by atomic mass is 9.91. The van der Waals surface area contributed by atoms with E-state index in [1.54, 1.807) is 28.8 Å². The first-order chi connectivity index (χ1) is 24.7. The third kappa shape index (κ3) is 5.02. The minimum atomic E-state index is -1.22. The maximum atomic E-state index is 14.4. The van der Waals surface area contributed by atoms with Crippen molar-refractivity contribution < 1.29 is 10.2 Å². The molecule has 2 aliphatic heterocycles. The topological polar surface area (TPSA) is 175 Å². The number of hydrogen-bond acceptors (Lipinski definition) is 10. The lowest BCUT2D eigenvalue weighted by Crippen LogP contribution is -2.39. The number of nitrogens with one attached hydrogen (secondary N) is 1. The highest BCUT2D eigenvalue weighted by Gasteiger charge is 2.57. The van der Waals surface area contributed by atoms with Gasteiger partial charge in [0, 0.05) is 32.2 Å². The Labute approximate surface area is 294 Å². The summed E-state index contributed by atoms with van der Waals surface area (Å²) in [4.78, 5) is 44.0. The van der Waals surface area contributed by atoms with Crippen molar-refractivity contribution in [2.24, 2.45) is 16.7 Å². The zero-order valence-electron chi connectivity index (χ0n) is 28.2. The van der Waals surface area contributed by atoms with Gasteiger partial charge in [-0.3, -0.25) is 9.59 Å². The van der Waals surface area contributed by atoms with E-state index in [1.807, 2.05) is 4.90 Å². The molecule has 12 nitrogen and oxygen atoms in total. The first kappa shape index (κ1) is 31.7. The minimum Gasteiger partial charge on any atom is -0.387 e. The summed E-state index contributed by atoms with van der Waals surface area (Å²) in [5.74, 6) is 2.51. The van der Waals surface area contributed by atoms with Crippen molar-refractivity contribution >= 4 is 33.4 Å². The van der Waals surface area contributed by atoms with E-state index < -0.39 is 17.8 Å². The van der Waals surface area contributed by atoms with Gasteiger partial charge in [-0.2, -0.15) is 10.5 Å². The van der Waals surface area contributed by atoms with E-state index in [4.69, 9.17) is 16.4 Å². The van der Waals surface area contributed by atoms with Gasteiger partial charge in [0.15, 0.2) is 6.10 Å². The van der Waals surface area contributed by atoms with E-state index in [0.29, 0.717) is 76.2 Å². The maximum Gasteiger partial charge on any atom is 0.271 e. The number of aromatic amines is 1. The van der Waals surface area contributed by atoms with E-state index in [9.17, 15) is 30.3 Å². The van der Waals surface area contributed by atoms with Crippen LogP contribution in [0.5, 0.6) is 0 Å². The third-order valence-corrected chi connectivity index (χ3v) is 12.6. The largest absolute Gasteiger partial charge is 0.387 e. The maximum absolute atomic E-state index is 14.4. The van der Waals surface area contributed by atoms with Crippen LogP contribution in [0.15, 0.2) is 33.9 Å². The van der Waals surface area contributed by atoms with Crippen LogP contribution in [0.3, 0.4) is 0 Å². The third-order valence-electron chi connectivity index (χ3n) is 12.6. The standard InChI is InChI=1S/C39H38N8O4/c1-2-29(48)25-7-8-28-32(42-25)34(45-15-11-38(9-10-38)12-16-45)24(21-41)37(51)47(28)30-19-39(30)13-17-46(18-14-39)33-23(20-40)36(50)44-26-5-6-27(43-31(26)33)35(49)22-3-4-22/h1,5-8,22,29-30,35,48-49H,3-4,9-19H2,(H,44,50). The molecule has 12 heteroatoms.